The Bertz CT molecular complexity index is 513. The van der Waals surface area contributed by atoms with Gasteiger partial charge in [-0.3, -0.25) is 14.9 Å². The number of rotatable bonds is 2. The number of nitro groups is 1. The maximum absolute atomic E-state index is 11.5. The Hall–Kier alpha value is -1.91. The van der Waals surface area contributed by atoms with Crippen LogP contribution in [0.15, 0.2) is 24.3 Å². The Morgan fingerprint density at radius 1 is 1.28 bits per heavy atom. The van der Waals surface area contributed by atoms with Gasteiger partial charge >= 0.3 is 5.97 Å². The standard InChI is InChI=1S/C13H13NO4/c15-13-8-5-6-12(18-13)10(7-8)9-3-1-2-4-11(9)14(16)17/h1-4,8,10,12H,5-7H2/t8-,10-,12+/m1/s1. The summed E-state index contributed by atoms with van der Waals surface area (Å²) in [5, 5.41) is 11.0. The third-order valence-electron chi connectivity index (χ3n) is 3.92. The molecule has 94 valence electrons. The van der Waals surface area contributed by atoms with Crippen LogP contribution in [0.4, 0.5) is 5.69 Å². The quantitative estimate of drug-likeness (QED) is 0.457. The molecule has 2 saturated heterocycles. The summed E-state index contributed by atoms with van der Waals surface area (Å²) >= 11 is 0. The molecule has 0 amide bonds. The van der Waals surface area contributed by atoms with Crippen LogP contribution in [-0.4, -0.2) is 17.0 Å². The first-order chi connectivity index (χ1) is 8.66. The van der Waals surface area contributed by atoms with E-state index < -0.39 is 0 Å². The summed E-state index contributed by atoms with van der Waals surface area (Å²) in [5.74, 6) is -0.246. The van der Waals surface area contributed by atoms with Crippen LogP contribution in [0.3, 0.4) is 0 Å². The number of carbonyl (C=O) groups is 1. The number of hydrogen-bond donors (Lipinski definition) is 0. The normalized spacial score (nSPS) is 30.0. The van der Waals surface area contributed by atoms with Crippen molar-refractivity contribution in [1.82, 2.24) is 0 Å². The van der Waals surface area contributed by atoms with Crippen LogP contribution >= 0.6 is 0 Å². The van der Waals surface area contributed by atoms with Gasteiger partial charge in [0.25, 0.3) is 5.69 Å². The molecule has 0 radical (unpaired) electrons. The number of carbonyl (C=O) groups excluding carboxylic acids is 1. The van der Waals surface area contributed by atoms with Crippen molar-refractivity contribution in [3.63, 3.8) is 0 Å². The van der Waals surface area contributed by atoms with Crippen LogP contribution in [-0.2, 0) is 9.53 Å². The van der Waals surface area contributed by atoms with E-state index in [0.29, 0.717) is 12.0 Å². The lowest BCUT2D eigenvalue weighted by molar-refractivity contribution is -0.386. The minimum atomic E-state index is -0.362. The SMILES string of the molecule is O=C1O[C@H]2CC[C@@H]1C[C@@H]2c1ccccc1[N+](=O)[O-]. The fourth-order valence-corrected chi connectivity index (χ4v) is 3.04. The number of nitrogens with zero attached hydrogens (tertiary/aromatic N) is 1. The third kappa shape index (κ3) is 1.66. The lowest BCUT2D eigenvalue weighted by Gasteiger charge is -2.40. The molecular formula is C13H13NO4. The summed E-state index contributed by atoms with van der Waals surface area (Å²) in [6.07, 6.45) is 2.14. The number of para-hydroxylation sites is 1. The number of fused-ring (bicyclic) bond motifs is 3. The van der Waals surface area contributed by atoms with Crippen LogP contribution in [0.25, 0.3) is 0 Å². The summed E-state index contributed by atoms with van der Waals surface area (Å²) in [5.41, 5.74) is 0.829. The average molecular weight is 247 g/mol. The van der Waals surface area contributed by atoms with E-state index in [1.807, 2.05) is 0 Å². The van der Waals surface area contributed by atoms with Gasteiger partial charge < -0.3 is 4.74 Å². The highest BCUT2D eigenvalue weighted by molar-refractivity contribution is 5.74. The van der Waals surface area contributed by atoms with E-state index in [2.05, 4.69) is 0 Å². The van der Waals surface area contributed by atoms with Gasteiger partial charge in [-0.2, -0.15) is 0 Å². The molecule has 5 nitrogen and oxygen atoms in total. The monoisotopic (exact) mass is 247 g/mol. The number of hydrogen-bond acceptors (Lipinski definition) is 4. The van der Waals surface area contributed by atoms with E-state index in [-0.39, 0.29) is 34.5 Å². The molecule has 1 aliphatic carbocycles. The van der Waals surface area contributed by atoms with Crippen molar-refractivity contribution in [3.8, 4) is 0 Å². The molecule has 3 atom stereocenters. The fourth-order valence-electron chi connectivity index (χ4n) is 3.04. The molecule has 0 N–H and O–H groups in total. The van der Waals surface area contributed by atoms with Crippen LogP contribution < -0.4 is 0 Å². The third-order valence-corrected chi connectivity index (χ3v) is 3.92. The van der Waals surface area contributed by atoms with Crippen LogP contribution in [0.5, 0.6) is 0 Å². The zero-order valence-corrected chi connectivity index (χ0v) is 9.74. The largest absolute Gasteiger partial charge is 0.462 e. The maximum atomic E-state index is 11.5. The van der Waals surface area contributed by atoms with Crippen molar-refractivity contribution in [2.45, 2.75) is 31.3 Å². The first-order valence-electron chi connectivity index (χ1n) is 6.10. The van der Waals surface area contributed by atoms with E-state index in [1.54, 1.807) is 18.2 Å². The van der Waals surface area contributed by atoms with Crippen molar-refractivity contribution in [3.05, 3.63) is 39.9 Å². The molecule has 5 heteroatoms. The summed E-state index contributed by atoms with van der Waals surface area (Å²) in [4.78, 5) is 22.2. The second-order valence-corrected chi connectivity index (χ2v) is 4.91. The Kier molecular flexibility index (Phi) is 2.54. The molecule has 0 aromatic heterocycles. The van der Waals surface area contributed by atoms with Gasteiger partial charge in [0, 0.05) is 17.5 Å². The summed E-state index contributed by atoms with van der Waals surface area (Å²) in [6.45, 7) is 0. The first kappa shape index (κ1) is 11.2. The van der Waals surface area contributed by atoms with Crippen molar-refractivity contribution in [2.24, 2.45) is 5.92 Å². The zero-order chi connectivity index (χ0) is 12.7. The van der Waals surface area contributed by atoms with Crippen LogP contribution in [0, 0.1) is 16.0 Å². The number of esters is 1. The minimum Gasteiger partial charge on any atom is -0.462 e. The summed E-state index contributed by atoms with van der Waals surface area (Å²) in [6, 6.07) is 6.75. The van der Waals surface area contributed by atoms with E-state index >= 15 is 0 Å². The minimum absolute atomic E-state index is 0.0250. The van der Waals surface area contributed by atoms with E-state index in [0.717, 1.165) is 12.8 Å². The molecule has 0 spiro atoms. The second-order valence-electron chi connectivity index (χ2n) is 4.91. The van der Waals surface area contributed by atoms with E-state index in [9.17, 15) is 14.9 Å². The molecule has 3 aliphatic rings. The molecule has 1 aromatic rings. The summed E-state index contributed by atoms with van der Waals surface area (Å²) in [7, 11) is 0. The van der Waals surface area contributed by atoms with Crippen LogP contribution in [0.2, 0.25) is 0 Å². The lowest BCUT2D eigenvalue weighted by Crippen LogP contribution is -2.42. The maximum Gasteiger partial charge on any atom is 0.309 e. The van der Waals surface area contributed by atoms with Gasteiger partial charge in [0.1, 0.15) is 6.10 Å². The first-order valence-corrected chi connectivity index (χ1v) is 6.10. The second kappa shape index (κ2) is 4.08. The van der Waals surface area contributed by atoms with Gasteiger partial charge in [0.05, 0.1) is 10.8 Å². The zero-order valence-electron chi connectivity index (χ0n) is 9.74. The Morgan fingerprint density at radius 3 is 2.67 bits per heavy atom. The predicted octanol–water partition coefficient (Wildman–Crippen LogP) is 2.40. The van der Waals surface area contributed by atoms with Crippen LogP contribution in [0.1, 0.15) is 30.7 Å². The van der Waals surface area contributed by atoms with Crippen molar-refractivity contribution < 1.29 is 14.5 Å². The highest BCUT2D eigenvalue weighted by Gasteiger charge is 2.44. The van der Waals surface area contributed by atoms with Crippen molar-refractivity contribution in [1.29, 1.82) is 0 Å². The molecule has 2 aliphatic heterocycles. The van der Waals surface area contributed by atoms with Gasteiger partial charge in [0.15, 0.2) is 0 Å². The molecule has 2 heterocycles. The fraction of sp³-hybridized carbons (Fsp3) is 0.462. The van der Waals surface area contributed by atoms with Gasteiger partial charge in [-0.05, 0) is 19.3 Å². The van der Waals surface area contributed by atoms with E-state index in [4.69, 9.17) is 4.74 Å². The molecule has 1 aromatic carbocycles. The number of nitro benzene ring substituents is 1. The van der Waals surface area contributed by atoms with Gasteiger partial charge in [-0.1, -0.05) is 18.2 Å². The highest BCUT2D eigenvalue weighted by atomic mass is 16.6. The average Bonchev–Trinajstić information content (AvgIpc) is 2.39. The van der Waals surface area contributed by atoms with Crippen molar-refractivity contribution in [2.75, 3.05) is 0 Å². The Labute approximate surface area is 104 Å². The molecule has 3 fully saturated rings. The van der Waals surface area contributed by atoms with Gasteiger partial charge in [0.2, 0.25) is 0 Å². The topological polar surface area (TPSA) is 69.4 Å². The molecular weight excluding hydrogens is 234 g/mol. The van der Waals surface area contributed by atoms with Gasteiger partial charge in [-0.15, -0.1) is 0 Å². The molecule has 1 saturated carbocycles. The molecule has 0 unspecified atom stereocenters. The Morgan fingerprint density at radius 2 is 2.06 bits per heavy atom. The Balaban J connectivity index is 1.97. The number of ether oxygens (including phenoxy) is 1. The van der Waals surface area contributed by atoms with Crippen molar-refractivity contribution >= 4 is 11.7 Å². The van der Waals surface area contributed by atoms with Gasteiger partial charge in [-0.25, -0.2) is 0 Å². The lowest BCUT2D eigenvalue weighted by atomic mass is 9.73. The predicted molar refractivity (Wildman–Crippen MR) is 63.1 cm³/mol. The molecule has 4 rings (SSSR count). The molecule has 2 bridgehead atoms. The number of benzene rings is 1. The smallest absolute Gasteiger partial charge is 0.309 e. The summed E-state index contributed by atoms with van der Waals surface area (Å²) < 4.78 is 5.33. The highest BCUT2D eigenvalue weighted by Crippen LogP contribution is 2.45. The van der Waals surface area contributed by atoms with E-state index in [1.165, 1.54) is 6.07 Å². The molecule has 18 heavy (non-hydrogen) atoms.